The lowest BCUT2D eigenvalue weighted by molar-refractivity contribution is -0.132. The summed E-state index contributed by atoms with van der Waals surface area (Å²) in [5, 5.41) is 20.0. The molecule has 1 aromatic rings. The molecule has 0 unspecified atom stereocenters. The first-order valence-corrected chi connectivity index (χ1v) is 2.70. The zero-order valence-corrected chi connectivity index (χ0v) is 5.98. The van der Waals surface area contributed by atoms with Crippen LogP contribution in [0.25, 0.3) is 0 Å². The van der Waals surface area contributed by atoms with Crippen molar-refractivity contribution in [2.45, 2.75) is 6.92 Å². The molecule has 0 amide bonds. The number of carbonyl (C=O) groups is 1. The molecule has 0 aliphatic carbocycles. The van der Waals surface area contributed by atoms with Gasteiger partial charge < -0.3 is 5.11 Å². The molecule has 0 spiro atoms. The highest BCUT2D eigenvalue weighted by Gasteiger charge is 1.90. The molecule has 6 nitrogen and oxygen atoms in total. The Morgan fingerprint density at radius 3 is 2.36 bits per heavy atom. The van der Waals surface area contributed by atoms with Gasteiger partial charge in [-0.15, -0.1) is 5.10 Å². The first-order valence-electron chi connectivity index (χ1n) is 2.70. The highest BCUT2D eigenvalue weighted by Crippen LogP contribution is 1.81. The van der Waals surface area contributed by atoms with Gasteiger partial charge in [-0.3, -0.25) is 0 Å². The molecular weight excluding hydrogens is 148 g/mol. The molecule has 60 valence electrons. The number of aliphatic carboxylic acids is 1. The molecule has 0 saturated carbocycles. The summed E-state index contributed by atoms with van der Waals surface area (Å²) in [5.74, 6) is -0.935. The van der Waals surface area contributed by atoms with Crippen molar-refractivity contribution in [1.82, 2.24) is 20.6 Å². The third-order valence-corrected chi connectivity index (χ3v) is 0.635. The van der Waals surface area contributed by atoms with Gasteiger partial charge in [-0.25, -0.2) is 9.89 Å². The predicted octanol–water partition coefficient (Wildman–Crippen LogP) is -0.153. The Bertz CT molecular complexity index is 189. The van der Waals surface area contributed by atoms with Crippen LogP contribution in [0, 0.1) is 0 Å². The molecule has 0 fully saturated rings. The fraction of sp³-hybridized carbons (Fsp3) is 0.200. The number of H-pyrrole nitrogens is 1. The van der Waals surface area contributed by atoms with E-state index in [-0.39, 0.29) is 5.57 Å². The third kappa shape index (κ3) is 6.16. The summed E-state index contributed by atoms with van der Waals surface area (Å²) in [5.41, 5.74) is 0.176. The van der Waals surface area contributed by atoms with Crippen LogP contribution in [0.2, 0.25) is 0 Å². The number of nitrogens with zero attached hydrogens (tertiary/aromatic N) is 3. The van der Waals surface area contributed by atoms with Gasteiger partial charge >= 0.3 is 5.97 Å². The van der Waals surface area contributed by atoms with Crippen LogP contribution in [0.5, 0.6) is 0 Å². The fourth-order valence-corrected chi connectivity index (χ4v) is 0.129. The topological polar surface area (TPSA) is 91.8 Å². The van der Waals surface area contributed by atoms with Crippen molar-refractivity contribution in [3.63, 3.8) is 0 Å². The fourth-order valence-electron chi connectivity index (χ4n) is 0.129. The minimum atomic E-state index is -0.935. The van der Waals surface area contributed by atoms with Gasteiger partial charge in [-0.2, -0.15) is 0 Å². The number of carboxylic acid groups (broad SMARTS) is 1. The number of aromatic amines is 1. The van der Waals surface area contributed by atoms with Gasteiger partial charge in [0.15, 0.2) is 0 Å². The molecule has 11 heavy (non-hydrogen) atoms. The maximum atomic E-state index is 9.60. The summed E-state index contributed by atoms with van der Waals surface area (Å²) < 4.78 is 0. The van der Waals surface area contributed by atoms with Crippen molar-refractivity contribution in [1.29, 1.82) is 0 Å². The van der Waals surface area contributed by atoms with E-state index < -0.39 is 5.97 Å². The van der Waals surface area contributed by atoms with Crippen molar-refractivity contribution in [3.8, 4) is 0 Å². The summed E-state index contributed by atoms with van der Waals surface area (Å²) in [6, 6.07) is 0. The quantitative estimate of drug-likeness (QED) is 0.551. The standard InChI is InChI=1S/C4H6O2.CH2N4/c1-3(2)4(5)6;1-2-4-5-3-1/h1H2,2H3,(H,5,6);1H,(H,2,3,4,5). The Labute approximate surface area is 62.9 Å². The minimum Gasteiger partial charge on any atom is -0.478 e. The van der Waals surface area contributed by atoms with Gasteiger partial charge in [0.1, 0.15) is 6.33 Å². The van der Waals surface area contributed by atoms with Gasteiger partial charge in [-0.1, -0.05) is 6.58 Å². The zero-order chi connectivity index (χ0) is 8.69. The lowest BCUT2D eigenvalue weighted by Crippen LogP contribution is -1.92. The van der Waals surface area contributed by atoms with Gasteiger partial charge in [0, 0.05) is 5.57 Å². The van der Waals surface area contributed by atoms with Crippen LogP contribution in [0.4, 0.5) is 0 Å². The average molecular weight is 156 g/mol. The van der Waals surface area contributed by atoms with Crippen molar-refractivity contribution in [2.75, 3.05) is 0 Å². The largest absolute Gasteiger partial charge is 0.478 e. The number of rotatable bonds is 1. The number of nitrogens with one attached hydrogen (secondary N) is 1. The smallest absolute Gasteiger partial charge is 0.330 e. The summed E-state index contributed by atoms with van der Waals surface area (Å²) >= 11 is 0. The van der Waals surface area contributed by atoms with Gasteiger partial charge in [0.2, 0.25) is 0 Å². The van der Waals surface area contributed by atoms with E-state index in [0.717, 1.165) is 0 Å². The molecule has 2 N–H and O–H groups in total. The Kier molecular flexibility index (Phi) is 4.30. The normalized spacial score (nSPS) is 7.73. The summed E-state index contributed by atoms with van der Waals surface area (Å²) in [6.07, 6.45) is 1.40. The maximum Gasteiger partial charge on any atom is 0.330 e. The highest BCUT2D eigenvalue weighted by atomic mass is 16.4. The SMILES string of the molecule is C=C(C)C(=O)O.c1nnn[nH]1. The number of tetrazole rings is 1. The number of aromatic nitrogens is 4. The van der Waals surface area contributed by atoms with Crippen LogP contribution in [0.1, 0.15) is 6.92 Å². The second-order valence-corrected chi connectivity index (χ2v) is 1.65. The average Bonchev–Trinajstić information content (AvgIpc) is 2.41. The summed E-state index contributed by atoms with van der Waals surface area (Å²) in [7, 11) is 0. The molecule has 1 rings (SSSR count). The Balaban J connectivity index is 0.000000183. The molecule has 0 aliphatic rings. The van der Waals surface area contributed by atoms with E-state index in [1.165, 1.54) is 13.3 Å². The van der Waals surface area contributed by atoms with Crippen molar-refractivity contribution in [3.05, 3.63) is 18.5 Å². The third-order valence-electron chi connectivity index (χ3n) is 0.635. The second kappa shape index (κ2) is 5.10. The minimum absolute atomic E-state index is 0.176. The monoisotopic (exact) mass is 156 g/mol. The Morgan fingerprint density at radius 2 is 2.27 bits per heavy atom. The number of hydrogen-bond donors (Lipinski definition) is 2. The molecule has 0 bridgehead atoms. The lowest BCUT2D eigenvalue weighted by atomic mass is 10.4. The molecule has 1 aromatic heterocycles. The van der Waals surface area contributed by atoms with Crippen LogP contribution < -0.4 is 0 Å². The first kappa shape index (κ1) is 9.28. The van der Waals surface area contributed by atoms with Gasteiger partial charge in [-0.05, 0) is 17.4 Å². The van der Waals surface area contributed by atoms with Crippen molar-refractivity contribution in [2.24, 2.45) is 0 Å². The van der Waals surface area contributed by atoms with Crippen LogP contribution in [-0.2, 0) is 4.79 Å². The number of hydrogen-bond acceptors (Lipinski definition) is 4. The Hall–Kier alpha value is -1.72. The van der Waals surface area contributed by atoms with Crippen molar-refractivity contribution >= 4 is 5.97 Å². The van der Waals surface area contributed by atoms with E-state index in [9.17, 15) is 4.79 Å². The summed E-state index contributed by atoms with van der Waals surface area (Å²) in [6.45, 7) is 4.60. The predicted molar refractivity (Wildman–Crippen MR) is 36.6 cm³/mol. The van der Waals surface area contributed by atoms with Crippen molar-refractivity contribution < 1.29 is 9.90 Å². The molecule has 6 heteroatoms. The lowest BCUT2D eigenvalue weighted by Gasteiger charge is -1.79. The molecular formula is C5H8N4O2. The Morgan fingerprint density at radius 1 is 1.73 bits per heavy atom. The van der Waals surface area contributed by atoms with Crippen LogP contribution in [0.15, 0.2) is 18.5 Å². The number of carboxylic acids is 1. The molecule has 0 radical (unpaired) electrons. The molecule has 0 atom stereocenters. The molecule has 0 saturated heterocycles. The van der Waals surface area contributed by atoms with Crippen LogP contribution in [0.3, 0.4) is 0 Å². The van der Waals surface area contributed by atoms with E-state index in [1.807, 2.05) is 0 Å². The first-order chi connectivity index (χ1) is 5.14. The van der Waals surface area contributed by atoms with Crippen LogP contribution in [-0.4, -0.2) is 31.7 Å². The second-order valence-electron chi connectivity index (χ2n) is 1.65. The van der Waals surface area contributed by atoms with E-state index in [4.69, 9.17) is 5.11 Å². The van der Waals surface area contributed by atoms with E-state index in [2.05, 4.69) is 27.2 Å². The zero-order valence-electron chi connectivity index (χ0n) is 5.98. The maximum absolute atomic E-state index is 9.60. The molecule has 0 aliphatic heterocycles. The molecule has 0 aromatic carbocycles. The van der Waals surface area contributed by atoms with E-state index in [0.29, 0.717) is 0 Å². The van der Waals surface area contributed by atoms with E-state index in [1.54, 1.807) is 0 Å². The summed E-state index contributed by atoms with van der Waals surface area (Å²) in [4.78, 5) is 9.60. The van der Waals surface area contributed by atoms with E-state index >= 15 is 0 Å². The van der Waals surface area contributed by atoms with Crippen LogP contribution >= 0.6 is 0 Å². The van der Waals surface area contributed by atoms with Gasteiger partial charge in [0.25, 0.3) is 0 Å². The molecule has 1 heterocycles. The van der Waals surface area contributed by atoms with Gasteiger partial charge in [0.05, 0.1) is 0 Å². The highest BCUT2D eigenvalue weighted by molar-refractivity contribution is 5.84.